The van der Waals surface area contributed by atoms with E-state index in [1.807, 2.05) is 31.2 Å². The van der Waals surface area contributed by atoms with Crippen molar-refractivity contribution in [1.82, 2.24) is 52.2 Å². The first-order valence-electron chi connectivity index (χ1n) is 24.8. The van der Waals surface area contributed by atoms with Gasteiger partial charge in [-0.05, 0) is 55.7 Å². The van der Waals surface area contributed by atoms with Crippen LogP contribution >= 0.6 is 0 Å². The summed E-state index contributed by atoms with van der Waals surface area (Å²) in [5.41, 5.74) is 19.8. The molecule has 3 heterocycles. The lowest BCUT2D eigenvalue weighted by Gasteiger charge is -2.27. The molecule has 394 valence electrons. The molecule has 16 N–H and O–H groups in total. The van der Waals surface area contributed by atoms with E-state index in [1.165, 1.54) is 12.5 Å². The van der Waals surface area contributed by atoms with E-state index in [0.717, 1.165) is 30.2 Å². The van der Waals surface area contributed by atoms with E-state index in [9.17, 15) is 43.5 Å². The van der Waals surface area contributed by atoms with Crippen molar-refractivity contribution in [2.75, 3.05) is 13.1 Å². The molecule has 1 aliphatic heterocycles. The van der Waals surface area contributed by atoms with Gasteiger partial charge in [0.2, 0.25) is 41.4 Å². The monoisotopic (exact) mass is 1010 g/mol. The van der Waals surface area contributed by atoms with Gasteiger partial charge in [0.05, 0.1) is 18.8 Å². The number of imidazole rings is 1. The van der Waals surface area contributed by atoms with Crippen molar-refractivity contribution in [2.24, 2.45) is 22.2 Å². The van der Waals surface area contributed by atoms with E-state index in [0.29, 0.717) is 29.7 Å². The number of unbranched alkanes of at least 4 members (excludes halogenated alkanes) is 3. The Morgan fingerprint density at radius 3 is 2.12 bits per heavy atom. The molecule has 5 rings (SSSR count). The highest BCUT2D eigenvalue weighted by molar-refractivity contribution is 5.98. The summed E-state index contributed by atoms with van der Waals surface area (Å²) in [5.74, 6) is -7.03. The van der Waals surface area contributed by atoms with Gasteiger partial charge < -0.3 is 69.5 Å². The van der Waals surface area contributed by atoms with Crippen LogP contribution in [0.1, 0.15) is 94.4 Å². The average Bonchev–Trinajstić information content (AvgIpc) is 4.04. The Bertz CT molecular complexity index is 2500. The van der Waals surface area contributed by atoms with Crippen molar-refractivity contribution in [3.8, 4) is 0 Å². The fourth-order valence-electron chi connectivity index (χ4n) is 8.37. The molecule has 0 spiro atoms. The van der Waals surface area contributed by atoms with Crippen molar-refractivity contribution in [2.45, 2.75) is 139 Å². The molecule has 0 bridgehead atoms. The lowest BCUT2D eigenvalue weighted by molar-refractivity contribution is -0.142. The van der Waals surface area contributed by atoms with Crippen LogP contribution in [0.25, 0.3) is 10.9 Å². The molecule has 7 atom stereocenters. The number of aliphatic carboxylic acids is 1. The standard InChI is InChI=1S/C50H70N14O9/c1-2-3-4-8-17-34(51)43(66)61-41-26-42(65)55-21-12-11-19-37(49(72)73)60-46(69)39(24-31-27-57-35-18-10-9-16-33(31)35)63-44(67)36(20-13-22-56-50(52)53)59-45(68)38(23-30-14-6-5-7-15-30)62-47(70)40(64-48(41)71)25-32-28-54-29-58-32/h5-7,9-10,14-16,18,27-29,34,36-41,57H,2-4,8,11-13,17,19-26,51H2,1H3,(H,54,58)(H,55,65)(H,59,68)(H,60,69)(H,61,66)(H,62,70)(H,63,67)(H,64,71)(H,72,73)(H4,52,53,56)/t34?,36-,37-,38+,39-,40-,41-/m0/s1. The number of carboxylic acid groups (broad SMARTS) is 1. The smallest absolute Gasteiger partial charge is 0.326 e. The van der Waals surface area contributed by atoms with Gasteiger partial charge in [-0.3, -0.25) is 38.6 Å². The van der Waals surface area contributed by atoms with Gasteiger partial charge in [-0.15, -0.1) is 0 Å². The number of carbonyl (C=O) groups excluding carboxylic acids is 7. The first-order chi connectivity index (χ1) is 35.1. The van der Waals surface area contributed by atoms with E-state index in [-0.39, 0.29) is 70.4 Å². The van der Waals surface area contributed by atoms with E-state index in [1.54, 1.807) is 36.5 Å². The van der Waals surface area contributed by atoms with Crippen molar-refractivity contribution in [3.05, 3.63) is 90.1 Å². The van der Waals surface area contributed by atoms with Crippen molar-refractivity contribution in [1.29, 1.82) is 0 Å². The lowest BCUT2D eigenvalue weighted by atomic mass is 10.0. The first-order valence-corrected chi connectivity index (χ1v) is 24.8. The number of carboxylic acids is 1. The zero-order chi connectivity index (χ0) is 52.7. The van der Waals surface area contributed by atoms with Crippen LogP contribution in [-0.4, -0.2) is 129 Å². The predicted molar refractivity (Wildman–Crippen MR) is 272 cm³/mol. The Balaban J connectivity index is 1.53. The third kappa shape index (κ3) is 18.4. The van der Waals surface area contributed by atoms with Gasteiger partial charge in [-0.2, -0.15) is 0 Å². The molecular weight excluding hydrogens is 941 g/mol. The molecule has 0 saturated carbocycles. The number of nitrogens with zero attached hydrogens (tertiary/aromatic N) is 2. The SMILES string of the molecule is CCCCCCC(N)C(=O)N[C@H]1CC(=O)NCCCC[C@@H](C(=O)O)NC(=O)[C@H](Cc2c[nH]c3ccccc23)NC(=O)[C@H](CCCN=C(N)N)NC(=O)[C@@H](Cc2ccccc2)NC(=O)[C@H](Cc2cnc[nH]2)NC1=O. The third-order valence-electron chi connectivity index (χ3n) is 12.4. The van der Waals surface area contributed by atoms with Gasteiger partial charge in [0.15, 0.2) is 5.96 Å². The maximum absolute atomic E-state index is 14.7. The summed E-state index contributed by atoms with van der Waals surface area (Å²) in [6.45, 7) is 2.15. The number of rotatable bonds is 18. The molecule has 0 radical (unpaired) electrons. The largest absolute Gasteiger partial charge is 0.480 e. The number of hydrogen-bond acceptors (Lipinski definition) is 11. The summed E-state index contributed by atoms with van der Waals surface area (Å²) in [4.78, 5) is 126. The summed E-state index contributed by atoms with van der Waals surface area (Å²) in [5, 5.41) is 29.9. The number of aromatic amines is 2. The highest BCUT2D eigenvalue weighted by atomic mass is 16.4. The molecule has 1 fully saturated rings. The van der Waals surface area contributed by atoms with Crippen LogP contribution in [0, 0.1) is 0 Å². The molecule has 7 amide bonds. The fraction of sp³-hybridized carbons (Fsp3) is 0.480. The van der Waals surface area contributed by atoms with E-state index < -0.39 is 96.0 Å². The maximum atomic E-state index is 14.7. The number of hydrogen-bond donors (Lipinski definition) is 13. The van der Waals surface area contributed by atoms with E-state index >= 15 is 0 Å². The second-order valence-electron chi connectivity index (χ2n) is 18.2. The molecule has 1 unspecified atom stereocenters. The zero-order valence-corrected chi connectivity index (χ0v) is 41.1. The van der Waals surface area contributed by atoms with Crippen molar-refractivity contribution >= 4 is 64.2 Å². The molecule has 23 heteroatoms. The van der Waals surface area contributed by atoms with Crippen molar-refractivity contribution in [3.63, 3.8) is 0 Å². The van der Waals surface area contributed by atoms with Crippen LogP contribution < -0.4 is 54.4 Å². The fourth-order valence-corrected chi connectivity index (χ4v) is 8.37. The summed E-state index contributed by atoms with van der Waals surface area (Å²) in [7, 11) is 0. The number of benzene rings is 2. The van der Waals surface area contributed by atoms with Gasteiger partial charge in [-0.25, -0.2) is 9.78 Å². The minimum atomic E-state index is -1.52. The van der Waals surface area contributed by atoms with Gasteiger partial charge in [0, 0.05) is 61.3 Å². The molecule has 73 heavy (non-hydrogen) atoms. The Hall–Kier alpha value is -7.82. The lowest BCUT2D eigenvalue weighted by Crippen LogP contribution is -2.60. The van der Waals surface area contributed by atoms with E-state index in [4.69, 9.17) is 17.2 Å². The number of amides is 7. The van der Waals surface area contributed by atoms with Crippen LogP contribution in [0.15, 0.2) is 78.3 Å². The molecule has 1 aliphatic rings. The molecule has 4 aromatic rings. The van der Waals surface area contributed by atoms with Crippen LogP contribution in [0.2, 0.25) is 0 Å². The molecule has 0 aliphatic carbocycles. The van der Waals surface area contributed by atoms with Crippen LogP contribution in [0.3, 0.4) is 0 Å². The number of para-hydroxylation sites is 1. The number of guanidine groups is 1. The Morgan fingerprint density at radius 2 is 1.42 bits per heavy atom. The number of H-pyrrole nitrogens is 2. The minimum Gasteiger partial charge on any atom is -0.480 e. The Morgan fingerprint density at radius 1 is 0.767 bits per heavy atom. The number of carbonyl (C=O) groups is 8. The first kappa shape index (κ1) is 56.1. The third-order valence-corrected chi connectivity index (χ3v) is 12.4. The highest BCUT2D eigenvalue weighted by Crippen LogP contribution is 2.20. The quantitative estimate of drug-likeness (QED) is 0.0354. The van der Waals surface area contributed by atoms with E-state index in [2.05, 4.69) is 57.2 Å². The second-order valence-corrected chi connectivity index (χ2v) is 18.2. The van der Waals surface area contributed by atoms with Gasteiger partial charge in [-0.1, -0.05) is 81.1 Å². The van der Waals surface area contributed by atoms with Crippen LogP contribution in [0.4, 0.5) is 0 Å². The number of nitrogens with two attached hydrogens (primary N) is 3. The average molecular weight is 1010 g/mol. The molecule has 2 aromatic carbocycles. The maximum Gasteiger partial charge on any atom is 0.326 e. The number of aromatic nitrogens is 3. The summed E-state index contributed by atoms with van der Waals surface area (Å²) in [6.07, 6.45) is 7.85. The number of nitrogens with one attached hydrogen (secondary N) is 9. The summed E-state index contributed by atoms with van der Waals surface area (Å²) >= 11 is 0. The minimum absolute atomic E-state index is 0.0385. The summed E-state index contributed by atoms with van der Waals surface area (Å²) < 4.78 is 0. The second kappa shape index (κ2) is 28.9. The summed E-state index contributed by atoms with van der Waals surface area (Å²) in [6, 6.07) is 6.56. The molecule has 23 nitrogen and oxygen atoms in total. The van der Waals surface area contributed by atoms with Crippen molar-refractivity contribution < 1.29 is 43.5 Å². The van der Waals surface area contributed by atoms with Gasteiger partial charge >= 0.3 is 5.97 Å². The Labute approximate surface area is 423 Å². The topological polar surface area (TPSA) is 376 Å². The van der Waals surface area contributed by atoms with Gasteiger partial charge in [0.1, 0.15) is 36.3 Å². The van der Waals surface area contributed by atoms with Gasteiger partial charge in [0.25, 0.3) is 0 Å². The Kier molecular flexibility index (Phi) is 22.2. The molecule has 1 saturated heterocycles. The highest BCUT2D eigenvalue weighted by Gasteiger charge is 2.35. The predicted octanol–water partition coefficient (Wildman–Crippen LogP) is -0.0462. The number of fused-ring (bicyclic) bond motifs is 1. The molecule has 2 aromatic heterocycles. The normalized spacial score (nSPS) is 21.6. The van der Waals surface area contributed by atoms with Crippen LogP contribution in [-0.2, 0) is 57.6 Å². The number of aliphatic imine (C=N–C) groups is 1. The zero-order valence-electron chi connectivity index (χ0n) is 41.1. The van der Waals surface area contributed by atoms with Crippen LogP contribution in [0.5, 0.6) is 0 Å². The molecular formula is C50H70N14O9.